The van der Waals surface area contributed by atoms with Gasteiger partial charge in [0.25, 0.3) is 5.91 Å². The van der Waals surface area contributed by atoms with E-state index >= 15 is 0 Å². The van der Waals surface area contributed by atoms with Gasteiger partial charge >= 0.3 is 5.97 Å². The van der Waals surface area contributed by atoms with Crippen LogP contribution in [0.25, 0.3) is 0 Å². The topological polar surface area (TPSA) is 102 Å². The van der Waals surface area contributed by atoms with Crippen LogP contribution < -0.4 is 10.6 Å². The fourth-order valence-electron chi connectivity index (χ4n) is 1.87. The van der Waals surface area contributed by atoms with Crippen LogP contribution in [-0.2, 0) is 16.0 Å². The first-order valence-electron chi connectivity index (χ1n) is 7.38. The third-order valence-corrected chi connectivity index (χ3v) is 3.33. The van der Waals surface area contributed by atoms with Crippen molar-refractivity contribution < 1.29 is 14.7 Å². The minimum absolute atomic E-state index is 0.184. The zero-order valence-corrected chi connectivity index (χ0v) is 13.5. The number of aryl methyl sites for hydroxylation is 1. The Balaban J connectivity index is 2.79. The molecule has 1 rings (SSSR count). The molecule has 1 amide bonds. The maximum absolute atomic E-state index is 12.0. The van der Waals surface area contributed by atoms with Crippen LogP contribution in [0.4, 0.5) is 5.69 Å². The summed E-state index contributed by atoms with van der Waals surface area (Å²) in [5.41, 5.74) is 1.73. The number of carbonyl (C=O) groups excluding carboxylic acids is 1. The molecule has 0 aliphatic rings. The third-order valence-electron chi connectivity index (χ3n) is 3.33. The summed E-state index contributed by atoms with van der Waals surface area (Å²) in [5.74, 6) is -2.13. The summed E-state index contributed by atoms with van der Waals surface area (Å²) < 4.78 is 0. The summed E-state index contributed by atoms with van der Waals surface area (Å²) in [6.07, 6.45) is 2.20. The fraction of sp³-hybridized carbons (Fsp3) is 0.353. The lowest BCUT2D eigenvalue weighted by Crippen LogP contribution is -2.44. The van der Waals surface area contributed by atoms with Crippen molar-refractivity contribution in [1.29, 1.82) is 5.26 Å². The third kappa shape index (κ3) is 5.47. The SMILES string of the molecule is CCc1ccc(N/C=C(/C#N)C(=O)NC(C(=O)O)C(C)C)cc1. The molecule has 1 aromatic carbocycles. The van der Waals surface area contributed by atoms with Crippen molar-refractivity contribution in [3.8, 4) is 6.07 Å². The van der Waals surface area contributed by atoms with E-state index in [9.17, 15) is 9.59 Å². The maximum atomic E-state index is 12.0. The highest BCUT2D eigenvalue weighted by atomic mass is 16.4. The number of carboxylic acid groups (broad SMARTS) is 1. The Bertz CT molecular complexity index is 627. The molecule has 0 saturated carbocycles. The summed E-state index contributed by atoms with van der Waals surface area (Å²) in [6.45, 7) is 5.42. The second-order valence-corrected chi connectivity index (χ2v) is 5.40. The van der Waals surface area contributed by atoms with Gasteiger partial charge in [0.15, 0.2) is 0 Å². The summed E-state index contributed by atoms with van der Waals surface area (Å²) in [7, 11) is 0. The number of carboxylic acids is 1. The van der Waals surface area contributed by atoms with Crippen LogP contribution in [0.2, 0.25) is 0 Å². The molecule has 0 heterocycles. The van der Waals surface area contributed by atoms with Crippen LogP contribution >= 0.6 is 0 Å². The molecule has 1 aromatic rings. The predicted molar refractivity (Wildman–Crippen MR) is 87.5 cm³/mol. The van der Waals surface area contributed by atoms with Gasteiger partial charge in [-0.1, -0.05) is 32.9 Å². The number of benzene rings is 1. The number of nitrogens with zero attached hydrogens (tertiary/aromatic N) is 1. The minimum Gasteiger partial charge on any atom is -0.480 e. The van der Waals surface area contributed by atoms with E-state index in [-0.39, 0.29) is 11.5 Å². The van der Waals surface area contributed by atoms with E-state index < -0.39 is 17.9 Å². The highest BCUT2D eigenvalue weighted by molar-refractivity contribution is 5.99. The summed E-state index contributed by atoms with van der Waals surface area (Å²) in [5, 5.41) is 23.4. The summed E-state index contributed by atoms with van der Waals surface area (Å²) in [6, 6.07) is 8.31. The van der Waals surface area contributed by atoms with Crippen LogP contribution in [0, 0.1) is 17.2 Å². The van der Waals surface area contributed by atoms with E-state index in [1.54, 1.807) is 19.9 Å². The Morgan fingerprint density at radius 2 is 1.91 bits per heavy atom. The molecule has 0 bridgehead atoms. The largest absolute Gasteiger partial charge is 0.480 e. The highest BCUT2D eigenvalue weighted by Crippen LogP contribution is 2.11. The normalized spacial score (nSPS) is 12.4. The smallest absolute Gasteiger partial charge is 0.326 e. The zero-order chi connectivity index (χ0) is 17.4. The molecular formula is C17H21N3O3. The molecule has 0 fully saturated rings. The van der Waals surface area contributed by atoms with Crippen molar-refractivity contribution in [3.63, 3.8) is 0 Å². The zero-order valence-electron chi connectivity index (χ0n) is 13.5. The molecule has 6 heteroatoms. The van der Waals surface area contributed by atoms with Crippen molar-refractivity contribution in [2.24, 2.45) is 5.92 Å². The van der Waals surface area contributed by atoms with Gasteiger partial charge in [0.05, 0.1) is 0 Å². The van der Waals surface area contributed by atoms with E-state index in [2.05, 4.69) is 10.6 Å². The van der Waals surface area contributed by atoms with E-state index in [1.165, 1.54) is 11.8 Å². The number of amides is 1. The predicted octanol–water partition coefficient (Wildman–Crippen LogP) is 2.29. The van der Waals surface area contributed by atoms with Crippen molar-refractivity contribution in [2.75, 3.05) is 5.32 Å². The van der Waals surface area contributed by atoms with Crippen molar-refractivity contribution >= 4 is 17.6 Å². The average molecular weight is 315 g/mol. The molecule has 23 heavy (non-hydrogen) atoms. The van der Waals surface area contributed by atoms with E-state index in [4.69, 9.17) is 10.4 Å². The van der Waals surface area contributed by atoms with Gasteiger partial charge in [-0.3, -0.25) is 4.79 Å². The molecule has 0 aliphatic carbocycles. The molecule has 3 N–H and O–H groups in total. The lowest BCUT2D eigenvalue weighted by Gasteiger charge is -2.17. The molecule has 1 atom stereocenters. The first kappa shape index (κ1) is 18.2. The molecule has 0 saturated heterocycles. The van der Waals surface area contributed by atoms with Gasteiger partial charge < -0.3 is 15.7 Å². The molecule has 1 unspecified atom stereocenters. The number of anilines is 1. The van der Waals surface area contributed by atoms with Crippen LogP contribution in [0.15, 0.2) is 36.0 Å². The van der Waals surface area contributed by atoms with Crippen molar-refractivity contribution in [3.05, 3.63) is 41.6 Å². The number of nitrogens with one attached hydrogen (secondary N) is 2. The number of hydrogen-bond donors (Lipinski definition) is 3. The molecule has 0 aliphatic heterocycles. The standard InChI is InChI=1S/C17H21N3O3/c1-4-12-5-7-14(8-6-12)19-10-13(9-18)16(21)20-15(11(2)3)17(22)23/h5-8,10-11,15,19H,4H2,1-3H3,(H,20,21)(H,22,23)/b13-10-. The van der Waals surface area contributed by atoms with Crippen molar-refractivity contribution in [2.45, 2.75) is 33.2 Å². The van der Waals surface area contributed by atoms with Crippen molar-refractivity contribution in [1.82, 2.24) is 5.32 Å². The van der Waals surface area contributed by atoms with Crippen LogP contribution in [0.1, 0.15) is 26.3 Å². The fourth-order valence-corrected chi connectivity index (χ4v) is 1.87. The minimum atomic E-state index is -1.13. The van der Waals surface area contributed by atoms with Gasteiger partial charge in [-0.2, -0.15) is 5.26 Å². The lowest BCUT2D eigenvalue weighted by atomic mass is 10.0. The van der Waals surface area contributed by atoms with Gasteiger partial charge in [-0.05, 0) is 30.0 Å². The molecule has 0 aromatic heterocycles. The Kier molecular flexibility index (Phi) is 6.81. The summed E-state index contributed by atoms with van der Waals surface area (Å²) >= 11 is 0. The van der Waals surface area contributed by atoms with Crippen LogP contribution in [0.5, 0.6) is 0 Å². The summed E-state index contributed by atoms with van der Waals surface area (Å²) in [4.78, 5) is 23.1. The van der Waals surface area contributed by atoms with Gasteiger partial charge in [-0.25, -0.2) is 4.79 Å². The van der Waals surface area contributed by atoms with Gasteiger partial charge in [0, 0.05) is 11.9 Å². The lowest BCUT2D eigenvalue weighted by molar-refractivity contribution is -0.142. The van der Waals surface area contributed by atoms with Gasteiger partial charge in [0.2, 0.25) is 0 Å². The van der Waals surface area contributed by atoms with Crippen LogP contribution in [0.3, 0.4) is 0 Å². The Morgan fingerprint density at radius 1 is 1.30 bits per heavy atom. The Labute approximate surface area is 135 Å². The first-order valence-corrected chi connectivity index (χ1v) is 7.38. The molecular weight excluding hydrogens is 294 g/mol. The Hall–Kier alpha value is -2.81. The highest BCUT2D eigenvalue weighted by Gasteiger charge is 2.24. The van der Waals surface area contributed by atoms with E-state index in [1.807, 2.05) is 31.2 Å². The monoisotopic (exact) mass is 315 g/mol. The molecule has 6 nitrogen and oxygen atoms in total. The molecule has 0 spiro atoms. The second-order valence-electron chi connectivity index (χ2n) is 5.40. The average Bonchev–Trinajstić information content (AvgIpc) is 2.53. The molecule has 0 radical (unpaired) electrons. The number of carbonyl (C=O) groups is 2. The first-order chi connectivity index (χ1) is 10.9. The Morgan fingerprint density at radius 3 is 2.35 bits per heavy atom. The van der Waals surface area contributed by atoms with Gasteiger partial charge in [0.1, 0.15) is 17.7 Å². The molecule has 122 valence electrons. The number of hydrogen-bond acceptors (Lipinski definition) is 4. The van der Waals surface area contributed by atoms with E-state index in [0.717, 1.165) is 12.1 Å². The van der Waals surface area contributed by atoms with E-state index in [0.29, 0.717) is 0 Å². The van der Waals surface area contributed by atoms with Crippen LogP contribution in [-0.4, -0.2) is 23.0 Å². The second kappa shape index (κ2) is 8.59. The quantitative estimate of drug-likeness (QED) is 0.529. The van der Waals surface area contributed by atoms with Gasteiger partial charge in [-0.15, -0.1) is 0 Å². The number of nitriles is 1. The number of rotatable bonds is 7. The maximum Gasteiger partial charge on any atom is 0.326 e. The number of aliphatic carboxylic acids is 1.